The lowest BCUT2D eigenvalue weighted by molar-refractivity contribution is 0.406. The quantitative estimate of drug-likeness (QED) is 0.357. The van der Waals surface area contributed by atoms with Crippen LogP contribution in [0.5, 0.6) is 5.75 Å². The molecule has 0 radical (unpaired) electrons. The summed E-state index contributed by atoms with van der Waals surface area (Å²) in [5.74, 6) is -4.47. The van der Waals surface area contributed by atoms with Gasteiger partial charge >= 0.3 is 0 Å². The van der Waals surface area contributed by atoms with Gasteiger partial charge in [-0.25, -0.2) is 17.6 Å². The minimum Gasteiger partial charge on any atom is -0.496 e. The maximum Gasteiger partial charge on any atom is 0.194 e. The first-order valence-electron chi connectivity index (χ1n) is 5.66. The third kappa shape index (κ3) is 3.23. The van der Waals surface area contributed by atoms with E-state index in [2.05, 4.69) is 31.9 Å². The highest BCUT2D eigenvalue weighted by Gasteiger charge is 2.21. The minimum atomic E-state index is -1.54. The third-order valence-corrected chi connectivity index (χ3v) is 4.47. The number of benzene rings is 2. The topological polar surface area (TPSA) is 9.23 Å². The Morgan fingerprint density at radius 1 is 0.952 bits per heavy atom. The van der Waals surface area contributed by atoms with E-state index in [0.29, 0.717) is 5.56 Å². The fourth-order valence-electron chi connectivity index (χ4n) is 1.82. The van der Waals surface area contributed by atoms with Gasteiger partial charge in [0.15, 0.2) is 17.5 Å². The van der Waals surface area contributed by atoms with Gasteiger partial charge in [0, 0.05) is 11.6 Å². The first-order chi connectivity index (χ1) is 9.85. The standard InChI is InChI=1S/C14H8Br2F4O/c1-21-12-5-9(17)8(15)4-7(12)13(16)6-2-10(18)14(20)11(19)3-6/h2-5,13H,1H3. The summed E-state index contributed by atoms with van der Waals surface area (Å²) in [6.07, 6.45) is 0. The Labute approximate surface area is 135 Å². The number of ether oxygens (including phenoxy) is 1. The summed E-state index contributed by atoms with van der Waals surface area (Å²) in [5.41, 5.74) is 0.583. The zero-order chi connectivity index (χ0) is 15.7. The van der Waals surface area contributed by atoms with Gasteiger partial charge in [0.25, 0.3) is 0 Å². The number of hydrogen-bond donors (Lipinski definition) is 0. The number of hydrogen-bond acceptors (Lipinski definition) is 1. The average Bonchev–Trinajstić information content (AvgIpc) is 2.45. The molecule has 2 aromatic rings. The predicted octanol–water partition coefficient (Wildman–Crippen LogP) is 5.50. The van der Waals surface area contributed by atoms with Crippen molar-refractivity contribution in [3.8, 4) is 5.75 Å². The summed E-state index contributed by atoms with van der Waals surface area (Å²) in [6, 6.07) is 4.31. The predicted molar refractivity (Wildman–Crippen MR) is 77.7 cm³/mol. The van der Waals surface area contributed by atoms with Crippen LogP contribution < -0.4 is 4.74 Å². The highest BCUT2D eigenvalue weighted by molar-refractivity contribution is 9.10. The molecule has 2 aromatic carbocycles. The van der Waals surface area contributed by atoms with Crippen LogP contribution in [0.4, 0.5) is 17.6 Å². The zero-order valence-corrected chi connectivity index (χ0v) is 13.7. The van der Waals surface area contributed by atoms with Crippen molar-refractivity contribution in [2.75, 3.05) is 7.11 Å². The van der Waals surface area contributed by atoms with Crippen molar-refractivity contribution in [1.29, 1.82) is 0 Å². The second-order valence-corrected chi connectivity index (χ2v) is 5.94. The van der Waals surface area contributed by atoms with Crippen molar-refractivity contribution in [1.82, 2.24) is 0 Å². The van der Waals surface area contributed by atoms with E-state index >= 15 is 0 Å². The molecule has 0 N–H and O–H groups in total. The SMILES string of the molecule is COc1cc(F)c(Br)cc1C(Br)c1cc(F)c(F)c(F)c1. The molecule has 0 saturated heterocycles. The average molecular weight is 428 g/mol. The van der Waals surface area contributed by atoms with Gasteiger partial charge in [0.1, 0.15) is 11.6 Å². The molecular weight excluding hydrogens is 420 g/mol. The normalized spacial score (nSPS) is 12.3. The highest BCUT2D eigenvalue weighted by Crippen LogP contribution is 2.39. The van der Waals surface area contributed by atoms with Gasteiger partial charge < -0.3 is 4.74 Å². The summed E-state index contributed by atoms with van der Waals surface area (Å²) < 4.78 is 58.3. The van der Waals surface area contributed by atoms with E-state index < -0.39 is 28.1 Å². The first-order valence-corrected chi connectivity index (χ1v) is 7.37. The molecule has 0 aliphatic rings. The first kappa shape index (κ1) is 16.3. The van der Waals surface area contributed by atoms with Crippen LogP contribution in [0.2, 0.25) is 0 Å². The lowest BCUT2D eigenvalue weighted by Gasteiger charge is -2.16. The molecule has 2 rings (SSSR count). The van der Waals surface area contributed by atoms with Gasteiger partial charge in [0.05, 0.1) is 16.4 Å². The summed E-state index contributed by atoms with van der Waals surface area (Å²) in [6.45, 7) is 0. The molecule has 1 nitrogen and oxygen atoms in total. The Hall–Kier alpha value is -1.08. The van der Waals surface area contributed by atoms with Crippen molar-refractivity contribution in [2.24, 2.45) is 0 Å². The fourth-order valence-corrected chi connectivity index (χ4v) is 2.80. The second kappa shape index (κ2) is 6.36. The molecule has 7 heteroatoms. The molecule has 0 fully saturated rings. The van der Waals surface area contributed by atoms with Crippen LogP contribution >= 0.6 is 31.9 Å². The summed E-state index contributed by atoms with van der Waals surface area (Å²) >= 11 is 6.29. The molecule has 0 aliphatic heterocycles. The maximum absolute atomic E-state index is 13.5. The Bertz CT molecular complexity index is 668. The molecule has 0 heterocycles. The monoisotopic (exact) mass is 426 g/mol. The third-order valence-electron chi connectivity index (χ3n) is 2.84. The molecule has 1 atom stereocenters. The molecule has 0 aliphatic carbocycles. The van der Waals surface area contributed by atoms with Crippen LogP contribution in [0.3, 0.4) is 0 Å². The summed E-state index contributed by atoms with van der Waals surface area (Å²) in [7, 11) is 1.34. The van der Waals surface area contributed by atoms with E-state index in [1.165, 1.54) is 13.2 Å². The molecule has 0 aromatic heterocycles. The van der Waals surface area contributed by atoms with E-state index in [1.807, 2.05) is 0 Å². The van der Waals surface area contributed by atoms with Crippen LogP contribution in [-0.4, -0.2) is 7.11 Å². The van der Waals surface area contributed by atoms with Crippen molar-refractivity contribution in [2.45, 2.75) is 4.83 Å². The Kier molecular flexibility index (Phi) is 4.93. The molecule has 0 bridgehead atoms. The van der Waals surface area contributed by atoms with Crippen LogP contribution in [0.1, 0.15) is 16.0 Å². The van der Waals surface area contributed by atoms with E-state index in [0.717, 1.165) is 18.2 Å². The fraction of sp³-hybridized carbons (Fsp3) is 0.143. The van der Waals surface area contributed by atoms with Crippen molar-refractivity contribution < 1.29 is 22.3 Å². The van der Waals surface area contributed by atoms with E-state index in [1.54, 1.807) is 0 Å². The second-order valence-electron chi connectivity index (χ2n) is 4.17. The summed E-state index contributed by atoms with van der Waals surface area (Å²) in [5, 5.41) is 0. The van der Waals surface area contributed by atoms with Crippen molar-refractivity contribution in [3.05, 3.63) is 63.1 Å². The molecule has 112 valence electrons. The Balaban J connectivity index is 2.54. The molecule has 0 amide bonds. The highest BCUT2D eigenvalue weighted by atomic mass is 79.9. The van der Waals surface area contributed by atoms with Crippen LogP contribution in [0.15, 0.2) is 28.7 Å². The molecule has 1 unspecified atom stereocenters. The molecule has 21 heavy (non-hydrogen) atoms. The molecule has 0 saturated carbocycles. The van der Waals surface area contributed by atoms with Gasteiger partial charge in [0.2, 0.25) is 0 Å². The lowest BCUT2D eigenvalue weighted by Crippen LogP contribution is -2.01. The Morgan fingerprint density at radius 2 is 1.52 bits per heavy atom. The van der Waals surface area contributed by atoms with Gasteiger partial charge in [-0.1, -0.05) is 15.9 Å². The zero-order valence-electron chi connectivity index (χ0n) is 10.6. The van der Waals surface area contributed by atoms with Crippen molar-refractivity contribution >= 4 is 31.9 Å². The van der Waals surface area contributed by atoms with E-state index in [9.17, 15) is 17.6 Å². The van der Waals surface area contributed by atoms with Gasteiger partial charge in [-0.2, -0.15) is 0 Å². The minimum absolute atomic E-state index is 0.142. The van der Waals surface area contributed by atoms with Gasteiger partial charge in [-0.15, -0.1) is 0 Å². The van der Waals surface area contributed by atoms with E-state index in [4.69, 9.17) is 4.74 Å². The maximum atomic E-state index is 13.5. The van der Waals surface area contributed by atoms with Gasteiger partial charge in [-0.05, 0) is 39.7 Å². The van der Waals surface area contributed by atoms with Crippen LogP contribution in [0, 0.1) is 23.3 Å². The number of halogens is 6. The smallest absolute Gasteiger partial charge is 0.194 e. The molecular formula is C14H8Br2F4O. The van der Waals surface area contributed by atoms with Crippen molar-refractivity contribution in [3.63, 3.8) is 0 Å². The lowest BCUT2D eigenvalue weighted by atomic mass is 10.0. The van der Waals surface area contributed by atoms with Crippen LogP contribution in [-0.2, 0) is 0 Å². The van der Waals surface area contributed by atoms with Gasteiger partial charge in [-0.3, -0.25) is 0 Å². The molecule has 0 spiro atoms. The summed E-state index contributed by atoms with van der Waals surface area (Å²) in [4.78, 5) is -0.700. The van der Waals surface area contributed by atoms with Crippen LogP contribution in [0.25, 0.3) is 0 Å². The largest absolute Gasteiger partial charge is 0.496 e. The number of methoxy groups -OCH3 is 1. The van der Waals surface area contributed by atoms with E-state index in [-0.39, 0.29) is 15.8 Å². The Morgan fingerprint density at radius 3 is 2.05 bits per heavy atom. The number of alkyl halides is 1. The number of rotatable bonds is 3.